The van der Waals surface area contributed by atoms with Crippen molar-refractivity contribution in [3.8, 4) is 11.5 Å². The summed E-state index contributed by atoms with van der Waals surface area (Å²) in [6.45, 7) is 0. The average molecular weight is 335 g/mol. The standard InChI is InChI=1S/C16H15ClN2O4/c1-21-13-8-5-11(9-14(13)22-2)15(18)19-23-16(20)10-3-6-12(17)7-4-10/h3-9H,1-2H3,(H2,18,19). The summed E-state index contributed by atoms with van der Waals surface area (Å²) < 4.78 is 10.3. The van der Waals surface area contributed by atoms with E-state index in [0.29, 0.717) is 27.6 Å². The van der Waals surface area contributed by atoms with Gasteiger partial charge in [0.05, 0.1) is 19.8 Å². The molecule has 2 N–H and O–H groups in total. The van der Waals surface area contributed by atoms with Gasteiger partial charge >= 0.3 is 5.97 Å². The third-order valence-electron chi connectivity index (χ3n) is 2.99. The highest BCUT2D eigenvalue weighted by Crippen LogP contribution is 2.27. The molecule has 23 heavy (non-hydrogen) atoms. The molecule has 120 valence electrons. The van der Waals surface area contributed by atoms with E-state index in [0.717, 1.165) is 0 Å². The molecular formula is C16H15ClN2O4. The number of oxime groups is 1. The van der Waals surface area contributed by atoms with Gasteiger partial charge in [-0.05, 0) is 42.5 Å². The molecule has 0 spiro atoms. The number of benzene rings is 2. The maximum Gasteiger partial charge on any atom is 0.365 e. The van der Waals surface area contributed by atoms with Gasteiger partial charge in [-0.3, -0.25) is 0 Å². The van der Waals surface area contributed by atoms with Crippen LogP contribution in [0.25, 0.3) is 0 Å². The first-order chi connectivity index (χ1) is 11.0. The van der Waals surface area contributed by atoms with Gasteiger partial charge in [-0.2, -0.15) is 0 Å². The molecule has 0 aliphatic carbocycles. The van der Waals surface area contributed by atoms with Gasteiger partial charge in [-0.15, -0.1) is 0 Å². The summed E-state index contributed by atoms with van der Waals surface area (Å²) in [7, 11) is 3.04. The minimum absolute atomic E-state index is 0.0354. The van der Waals surface area contributed by atoms with E-state index >= 15 is 0 Å². The van der Waals surface area contributed by atoms with Crippen LogP contribution in [0.1, 0.15) is 15.9 Å². The Labute approximate surface area is 138 Å². The number of hydrogen-bond donors (Lipinski definition) is 1. The zero-order valence-electron chi connectivity index (χ0n) is 12.6. The van der Waals surface area contributed by atoms with Crippen molar-refractivity contribution < 1.29 is 19.1 Å². The molecule has 0 radical (unpaired) electrons. The van der Waals surface area contributed by atoms with Crippen molar-refractivity contribution in [1.82, 2.24) is 0 Å². The third kappa shape index (κ3) is 4.14. The lowest BCUT2D eigenvalue weighted by Gasteiger charge is -2.09. The van der Waals surface area contributed by atoms with Crippen LogP contribution in [0.15, 0.2) is 47.6 Å². The van der Waals surface area contributed by atoms with Crippen LogP contribution in [-0.4, -0.2) is 26.0 Å². The van der Waals surface area contributed by atoms with Crippen molar-refractivity contribution in [3.63, 3.8) is 0 Å². The molecule has 0 unspecified atom stereocenters. The fraction of sp³-hybridized carbons (Fsp3) is 0.125. The molecule has 2 rings (SSSR count). The van der Waals surface area contributed by atoms with Crippen LogP contribution in [0, 0.1) is 0 Å². The molecule has 2 aromatic rings. The predicted octanol–water partition coefficient (Wildman–Crippen LogP) is 2.83. The van der Waals surface area contributed by atoms with E-state index in [2.05, 4.69) is 5.16 Å². The Morgan fingerprint density at radius 1 is 1.00 bits per heavy atom. The monoisotopic (exact) mass is 334 g/mol. The highest BCUT2D eigenvalue weighted by molar-refractivity contribution is 6.30. The number of nitrogens with zero attached hydrogens (tertiary/aromatic N) is 1. The zero-order valence-corrected chi connectivity index (χ0v) is 13.3. The molecule has 0 heterocycles. The van der Waals surface area contributed by atoms with E-state index in [-0.39, 0.29) is 5.84 Å². The smallest absolute Gasteiger partial charge is 0.365 e. The van der Waals surface area contributed by atoms with E-state index in [1.807, 2.05) is 0 Å². The SMILES string of the molecule is COc1ccc(/C(N)=N\OC(=O)c2ccc(Cl)cc2)cc1OC. The van der Waals surface area contributed by atoms with Crippen LogP contribution in [-0.2, 0) is 4.84 Å². The van der Waals surface area contributed by atoms with Crippen LogP contribution in [0.4, 0.5) is 0 Å². The van der Waals surface area contributed by atoms with Crippen LogP contribution in [0.5, 0.6) is 11.5 Å². The molecule has 0 aliphatic rings. The molecule has 0 atom stereocenters. The van der Waals surface area contributed by atoms with Crippen LogP contribution in [0.2, 0.25) is 5.02 Å². The number of halogens is 1. The van der Waals surface area contributed by atoms with Gasteiger partial charge in [0.15, 0.2) is 17.3 Å². The highest BCUT2D eigenvalue weighted by Gasteiger charge is 2.10. The van der Waals surface area contributed by atoms with E-state index in [4.69, 9.17) is 31.6 Å². The first-order valence-electron chi connectivity index (χ1n) is 6.58. The lowest BCUT2D eigenvalue weighted by atomic mass is 10.2. The van der Waals surface area contributed by atoms with Crippen molar-refractivity contribution in [2.45, 2.75) is 0 Å². The van der Waals surface area contributed by atoms with Crippen molar-refractivity contribution in [3.05, 3.63) is 58.6 Å². The van der Waals surface area contributed by atoms with Gasteiger partial charge < -0.3 is 20.0 Å². The van der Waals surface area contributed by atoms with E-state index < -0.39 is 5.97 Å². The van der Waals surface area contributed by atoms with Gasteiger partial charge in [-0.1, -0.05) is 16.8 Å². The summed E-state index contributed by atoms with van der Waals surface area (Å²) in [6.07, 6.45) is 0. The topological polar surface area (TPSA) is 83.1 Å². The van der Waals surface area contributed by atoms with Gasteiger partial charge in [0.1, 0.15) is 0 Å². The normalized spacial score (nSPS) is 11.0. The number of hydrogen-bond acceptors (Lipinski definition) is 5. The zero-order chi connectivity index (χ0) is 16.8. The molecule has 0 fully saturated rings. The van der Waals surface area contributed by atoms with E-state index in [9.17, 15) is 4.79 Å². The highest BCUT2D eigenvalue weighted by atomic mass is 35.5. The minimum Gasteiger partial charge on any atom is -0.493 e. The molecule has 0 aliphatic heterocycles. The largest absolute Gasteiger partial charge is 0.493 e. The second kappa shape index (κ2) is 7.51. The number of amidine groups is 1. The number of carbonyl (C=O) groups is 1. The number of carbonyl (C=O) groups excluding carboxylic acids is 1. The Morgan fingerprint density at radius 2 is 1.61 bits per heavy atom. The van der Waals surface area contributed by atoms with Crippen molar-refractivity contribution in [2.75, 3.05) is 14.2 Å². The summed E-state index contributed by atoms with van der Waals surface area (Å²) in [5.74, 6) is 0.452. The molecular weight excluding hydrogens is 320 g/mol. The Kier molecular flexibility index (Phi) is 5.43. The van der Waals surface area contributed by atoms with Gasteiger partial charge in [-0.25, -0.2) is 4.79 Å². The molecule has 0 amide bonds. The summed E-state index contributed by atoms with van der Waals surface area (Å²) in [5.41, 5.74) is 6.67. The maximum absolute atomic E-state index is 11.8. The lowest BCUT2D eigenvalue weighted by molar-refractivity contribution is 0.0516. The number of rotatable bonds is 5. The molecule has 6 nitrogen and oxygen atoms in total. The van der Waals surface area contributed by atoms with Crippen molar-refractivity contribution >= 4 is 23.4 Å². The quantitative estimate of drug-likeness (QED) is 0.393. The average Bonchev–Trinajstić information content (AvgIpc) is 2.59. The minimum atomic E-state index is -0.634. The molecule has 7 heteroatoms. The van der Waals surface area contributed by atoms with Gasteiger partial charge in [0.25, 0.3) is 0 Å². The van der Waals surface area contributed by atoms with E-state index in [1.54, 1.807) is 30.3 Å². The summed E-state index contributed by atoms with van der Waals surface area (Å²) in [4.78, 5) is 16.7. The predicted molar refractivity (Wildman–Crippen MR) is 87.1 cm³/mol. The third-order valence-corrected chi connectivity index (χ3v) is 3.24. The van der Waals surface area contributed by atoms with Crippen LogP contribution < -0.4 is 15.2 Å². The molecule has 0 saturated carbocycles. The van der Waals surface area contributed by atoms with Crippen molar-refractivity contribution in [2.24, 2.45) is 10.9 Å². The second-order valence-corrected chi connectivity index (χ2v) is 4.87. The second-order valence-electron chi connectivity index (χ2n) is 4.43. The van der Waals surface area contributed by atoms with Crippen molar-refractivity contribution in [1.29, 1.82) is 0 Å². The first kappa shape index (κ1) is 16.6. The number of ether oxygens (including phenoxy) is 2. The molecule has 0 saturated heterocycles. The first-order valence-corrected chi connectivity index (χ1v) is 6.95. The molecule has 2 aromatic carbocycles. The summed E-state index contributed by atoms with van der Waals surface area (Å²) in [6, 6.07) is 11.2. The summed E-state index contributed by atoms with van der Waals surface area (Å²) in [5, 5.41) is 4.16. The number of nitrogens with two attached hydrogens (primary N) is 1. The Morgan fingerprint density at radius 3 is 2.22 bits per heavy atom. The van der Waals surface area contributed by atoms with Gasteiger partial charge in [0.2, 0.25) is 0 Å². The fourth-order valence-corrected chi connectivity index (χ4v) is 1.90. The van der Waals surface area contributed by atoms with Gasteiger partial charge in [0, 0.05) is 10.6 Å². The summed E-state index contributed by atoms with van der Waals surface area (Å²) >= 11 is 5.76. The number of methoxy groups -OCH3 is 2. The molecule has 0 bridgehead atoms. The molecule has 0 aromatic heterocycles. The van der Waals surface area contributed by atoms with E-state index in [1.165, 1.54) is 26.4 Å². The Bertz CT molecular complexity index is 729. The lowest BCUT2D eigenvalue weighted by Crippen LogP contribution is -2.15. The van der Waals surface area contributed by atoms with Crippen LogP contribution >= 0.6 is 11.6 Å². The maximum atomic E-state index is 11.8. The Hall–Kier alpha value is -2.73. The van der Waals surface area contributed by atoms with Crippen LogP contribution in [0.3, 0.4) is 0 Å². The fourth-order valence-electron chi connectivity index (χ4n) is 1.78. The Balaban J connectivity index is 2.13.